The van der Waals surface area contributed by atoms with Crippen molar-refractivity contribution < 1.29 is 9.47 Å². The molecule has 0 bridgehead atoms. The Balaban J connectivity index is 2.37. The van der Waals surface area contributed by atoms with Crippen LogP contribution >= 0.6 is 0 Å². The molecule has 0 aromatic carbocycles. The summed E-state index contributed by atoms with van der Waals surface area (Å²) < 4.78 is 11.1. The van der Waals surface area contributed by atoms with Gasteiger partial charge in [0, 0.05) is 33.2 Å². The predicted octanol–water partition coefficient (Wildman–Crippen LogP) is 1.22. The summed E-state index contributed by atoms with van der Waals surface area (Å²) in [6.07, 6.45) is 3.13. The van der Waals surface area contributed by atoms with Crippen molar-refractivity contribution in [3.05, 3.63) is 0 Å². The molecule has 5 nitrogen and oxygen atoms in total. The molecule has 3 N–H and O–H groups in total. The zero-order chi connectivity index (χ0) is 13.6. The van der Waals surface area contributed by atoms with E-state index >= 15 is 0 Å². The van der Waals surface area contributed by atoms with Crippen molar-refractivity contribution in [1.29, 1.82) is 5.41 Å². The Labute approximate surface area is 110 Å². The van der Waals surface area contributed by atoms with Crippen molar-refractivity contribution in [3.8, 4) is 0 Å². The summed E-state index contributed by atoms with van der Waals surface area (Å²) in [4.78, 5) is 2.27. The molecule has 1 rings (SSSR count). The first kappa shape index (κ1) is 15.4. The van der Waals surface area contributed by atoms with E-state index in [-0.39, 0.29) is 11.4 Å². The summed E-state index contributed by atoms with van der Waals surface area (Å²) in [7, 11) is 1.71. The number of amidine groups is 1. The first-order valence-corrected chi connectivity index (χ1v) is 6.65. The Morgan fingerprint density at radius 3 is 2.72 bits per heavy atom. The molecule has 1 heterocycles. The van der Waals surface area contributed by atoms with E-state index in [0.29, 0.717) is 19.1 Å². The summed E-state index contributed by atoms with van der Waals surface area (Å²) >= 11 is 0. The normalized spacial score (nSPS) is 22.6. The quantitative estimate of drug-likeness (QED) is 0.506. The molecule has 1 unspecified atom stereocenters. The molecule has 5 heteroatoms. The third-order valence-electron chi connectivity index (χ3n) is 3.32. The van der Waals surface area contributed by atoms with Crippen LogP contribution in [0.25, 0.3) is 0 Å². The maximum Gasteiger partial charge on any atom is 0.0918 e. The third kappa shape index (κ3) is 5.80. The second-order valence-corrected chi connectivity index (χ2v) is 5.61. The van der Waals surface area contributed by atoms with E-state index in [1.807, 2.05) is 0 Å². The number of nitrogens with one attached hydrogen (secondary N) is 1. The van der Waals surface area contributed by atoms with Crippen molar-refractivity contribution in [2.45, 2.75) is 44.8 Å². The minimum absolute atomic E-state index is 0.0121. The SMILES string of the molecule is COCCN(CCC(=N)N)CC1CCC(C)(C)O1. The average molecular weight is 257 g/mol. The van der Waals surface area contributed by atoms with Gasteiger partial charge in [-0.1, -0.05) is 0 Å². The summed E-state index contributed by atoms with van der Waals surface area (Å²) in [5.41, 5.74) is 5.43. The van der Waals surface area contributed by atoms with E-state index < -0.39 is 0 Å². The van der Waals surface area contributed by atoms with Crippen LogP contribution in [-0.2, 0) is 9.47 Å². The van der Waals surface area contributed by atoms with Gasteiger partial charge in [0.2, 0.25) is 0 Å². The van der Waals surface area contributed by atoms with Crippen LogP contribution in [0.2, 0.25) is 0 Å². The molecular formula is C13H27N3O2. The van der Waals surface area contributed by atoms with E-state index in [9.17, 15) is 0 Å². The van der Waals surface area contributed by atoms with Gasteiger partial charge < -0.3 is 15.2 Å². The molecule has 1 atom stereocenters. The minimum Gasteiger partial charge on any atom is -0.388 e. The van der Waals surface area contributed by atoms with Crippen LogP contribution in [0.4, 0.5) is 0 Å². The molecule has 0 saturated carbocycles. The van der Waals surface area contributed by atoms with Gasteiger partial charge in [0.15, 0.2) is 0 Å². The zero-order valence-corrected chi connectivity index (χ0v) is 11.9. The first-order valence-electron chi connectivity index (χ1n) is 6.65. The lowest BCUT2D eigenvalue weighted by Gasteiger charge is -2.26. The van der Waals surface area contributed by atoms with Crippen molar-refractivity contribution in [3.63, 3.8) is 0 Å². The fourth-order valence-electron chi connectivity index (χ4n) is 2.29. The Morgan fingerprint density at radius 1 is 1.50 bits per heavy atom. The van der Waals surface area contributed by atoms with Crippen molar-refractivity contribution >= 4 is 5.84 Å². The molecule has 1 fully saturated rings. The second-order valence-electron chi connectivity index (χ2n) is 5.61. The molecule has 0 aliphatic carbocycles. The Kier molecular flexibility index (Phi) is 6.05. The molecule has 0 amide bonds. The summed E-state index contributed by atoms with van der Waals surface area (Å²) in [5.74, 6) is 0.241. The molecule has 0 aromatic heterocycles. The summed E-state index contributed by atoms with van der Waals surface area (Å²) in [5, 5.41) is 7.30. The number of methoxy groups -OCH3 is 1. The largest absolute Gasteiger partial charge is 0.388 e. The number of rotatable bonds is 8. The Bertz CT molecular complexity index is 269. The van der Waals surface area contributed by atoms with Gasteiger partial charge in [0.25, 0.3) is 0 Å². The van der Waals surface area contributed by atoms with Crippen LogP contribution < -0.4 is 5.73 Å². The molecular weight excluding hydrogens is 230 g/mol. The Morgan fingerprint density at radius 2 is 2.22 bits per heavy atom. The van der Waals surface area contributed by atoms with E-state index in [1.165, 1.54) is 0 Å². The van der Waals surface area contributed by atoms with Gasteiger partial charge in [-0.3, -0.25) is 10.3 Å². The molecule has 1 saturated heterocycles. The molecule has 106 valence electrons. The van der Waals surface area contributed by atoms with Crippen molar-refractivity contribution in [1.82, 2.24) is 4.90 Å². The fraction of sp³-hybridized carbons (Fsp3) is 0.923. The topological polar surface area (TPSA) is 71.6 Å². The highest BCUT2D eigenvalue weighted by Crippen LogP contribution is 2.29. The standard InChI is InChI=1S/C13H27N3O2/c1-13(2)6-4-11(18-13)10-16(8-9-17-3)7-5-12(14)15/h11H,4-10H2,1-3H3,(H3,14,15). The summed E-state index contributed by atoms with van der Waals surface area (Å²) in [6.45, 7) is 7.56. The highest BCUT2D eigenvalue weighted by Gasteiger charge is 2.32. The fourth-order valence-corrected chi connectivity index (χ4v) is 2.29. The highest BCUT2D eigenvalue weighted by atomic mass is 16.5. The summed E-state index contributed by atoms with van der Waals surface area (Å²) in [6, 6.07) is 0. The maximum atomic E-state index is 7.30. The van der Waals surface area contributed by atoms with E-state index in [0.717, 1.165) is 32.5 Å². The number of nitrogens with two attached hydrogens (primary N) is 1. The number of hydrogen-bond donors (Lipinski definition) is 2. The van der Waals surface area contributed by atoms with Crippen LogP contribution in [0.1, 0.15) is 33.1 Å². The minimum atomic E-state index is 0.0121. The van der Waals surface area contributed by atoms with Crippen LogP contribution in [-0.4, -0.2) is 55.8 Å². The smallest absolute Gasteiger partial charge is 0.0918 e. The first-order chi connectivity index (χ1) is 8.43. The lowest BCUT2D eigenvalue weighted by Crippen LogP contribution is -2.37. The van der Waals surface area contributed by atoms with Gasteiger partial charge in [-0.2, -0.15) is 0 Å². The van der Waals surface area contributed by atoms with E-state index in [1.54, 1.807) is 7.11 Å². The number of ether oxygens (including phenoxy) is 2. The maximum absolute atomic E-state index is 7.30. The van der Waals surface area contributed by atoms with Crippen LogP contribution in [0.3, 0.4) is 0 Å². The highest BCUT2D eigenvalue weighted by molar-refractivity contribution is 5.76. The molecule has 0 radical (unpaired) electrons. The van der Waals surface area contributed by atoms with Crippen LogP contribution in [0, 0.1) is 5.41 Å². The van der Waals surface area contributed by atoms with Crippen molar-refractivity contribution in [2.24, 2.45) is 5.73 Å². The average Bonchev–Trinajstić information content (AvgIpc) is 2.62. The van der Waals surface area contributed by atoms with Gasteiger partial charge in [0.05, 0.1) is 24.1 Å². The zero-order valence-electron chi connectivity index (χ0n) is 11.9. The third-order valence-corrected chi connectivity index (χ3v) is 3.32. The van der Waals surface area contributed by atoms with Gasteiger partial charge in [-0.25, -0.2) is 0 Å². The van der Waals surface area contributed by atoms with Gasteiger partial charge in [0.1, 0.15) is 0 Å². The monoisotopic (exact) mass is 257 g/mol. The lowest BCUT2D eigenvalue weighted by atomic mass is 10.1. The number of nitrogens with zero attached hydrogens (tertiary/aromatic N) is 1. The van der Waals surface area contributed by atoms with Crippen LogP contribution in [0.5, 0.6) is 0 Å². The van der Waals surface area contributed by atoms with Gasteiger partial charge in [-0.05, 0) is 26.7 Å². The Hall–Kier alpha value is -0.650. The molecule has 1 aliphatic heterocycles. The molecule has 0 aromatic rings. The van der Waals surface area contributed by atoms with Gasteiger partial charge >= 0.3 is 0 Å². The molecule has 18 heavy (non-hydrogen) atoms. The van der Waals surface area contributed by atoms with E-state index in [2.05, 4.69) is 18.7 Å². The molecule has 1 aliphatic rings. The molecule has 0 spiro atoms. The lowest BCUT2D eigenvalue weighted by molar-refractivity contribution is -0.0302. The van der Waals surface area contributed by atoms with Crippen molar-refractivity contribution in [2.75, 3.05) is 33.4 Å². The predicted molar refractivity (Wildman–Crippen MR) is 73.0 cm³/mol. The number of hydrogen-bond acceptors (Lipinski definition) is 4. The van der Waals surface area contributed by atoms with E-state index in [4.69, 9.17) is 20.6 Å². The second kappa shape index (κ2) is 7.07. The van der Waals surface area contributed by atoms with Crippen LogP contribution in [0.15, 0.2) is 0 Å². The van der Waals surface area contributed by atoms with Gasteiger partial charge in [-0.15, -0.1) is 0 Å².